The second kappa shape index (κ2) is 5.87. The van der Waals surface area contributed by atoms with E-state index in [1.54, 1.807) is 14.0 Å². The highest BCUT2D eigenvalue weighted by atomic mass is 16.5. The predicted molar refractivity (Wildman–Crippen MR) is 71.0 cm³/mol. The number of likely N-dealkylation sites (N-methyl/N-ethyl adjacent to an activating group) is 1. The molecular formula is C14H21NO3. The van der Waals surface area contributed by atoms with Gasteiger partial charge >= 0.3 is 5.97 Å². The summed E-state index contributed by atoms with van der Waals surface area (Å²) < 4.78 is 5.34. The maximum Gasteiger partial charge on any atom is 0.320 e. The third kappa shape index (κ3) is 3.01. The van der Waals surface area contributed by atoms with Crippen LogP contribution in [0, 0.1) is 6.92 Å². The van der Waals surface area contributed by atoms with Crippen LogP contribution in [0.1, 0.15) is 31.0 Å². The molecule has 2 unspecified atom stereocenters. The number of aryl methyl sites for hydroxylation is 1. The van der Waals surface area contributed by atoms with Gasteiger partial charge in [-0.1, -0.05) is 17.7 Å². The molecule has 18 heavy (non-hydrogen) atoms. The Bertz CT molecular complexity index is 431. The lowest BCUT2D eigenvalue weighted by Gasteiger charge is -2.29. The molecule has 1 aromatic carbocycles. The molecule has 1 aromatic rings. The molecule has 0 aromatic heterocycles. The van der Waals surface area contributed by atoms with E-state index in [1.165, 1.54) is 0 Å². The van der Waals surface area contributed by atoms with E-state index in [2.05, 4.69) is 0 Å². The summed E-state index contributed by atoms with van der Waals surface area (Å²) in [5.74, 6) is -0.0338. The Balaban J connectivity index is 3.05. The minimum absolute atomic E-state index is 0.0223. The lowest BCUT2D eigenvalue weighted by molar-refractivity contribution is -0.142. The first kappa shape index (κ1) is 14.5. The summed E-state index contributed by atoms with van der Waals surface area (Å²) in [4.78, 5) is 12.8. The lowest BCUT2D eigenvalue weighted by atomic mass is 10.0. The minimum Gasteiger partial charge on any atom is -0.496 e. The summed E-state index contributed by atoms with van der Waals surface area (Å²) in [5.41, 5.74) is 2.14. The van der Waals surface area contributed by atoms with Crippen molar-refractivity contribution in [1.29, 1.82) is 0 Å². The van der Waals surface area contributed by atoms with E-state index in [1.807, 2.05) is 44.0 Å². The smallest absolute Gasteiger partial charge is 0.320 e. The monoisotopic (exact) mass is 251 g/mol. The molecule has 0 saturated carbocycles. The van der Waals surface area contributed by atoms with Gasteiger partial charge in [0.2, 0.25) is 0 Å². The molecule has 0 saturated heterocycles. The molecule has 0 fully saturated rings. The van der Waals surface area contributed by atoms with Crippen molar-refractivity contribution in [1.82, 2.24) is 4.90 Å². The van der Waals surface area contributed by atoms with Crippen LogP contribution in [0.25, 0.3) is 0 Å². The van der Waals surface area contributed by atoms with Gasteiger partial charge < -0.3 is 9.84 Å². The van der Waals surface area contributed by atoms with Gasteiger partial charge in [0.25, 0.3) is 0 Å². The number of aliphatic carboxylic acids is 1. The molecule has 0 amide bonds. The zero-order chi connectivity index (χ0) is 13.9. The van der Waals surface area contributed by atoms with E-state index < -0.39 is 12.0 Å². The van der Waals surface area contributed by atoms with Crippen LogP contribution in [0.5, 0.6) is 5.75 Å². The van der Waals surface area contributed by atoms with Crippen LogP contribution < -0.4 is 4.74 Å². The highest BCUT2D eigenvalue weighted by molar-refractivity contribution is 5.72. The van der Waals surface area contributed by atoms with Gasteiger partial charge in [0.15, 0.2) is 0 Å². The third-order valence-corrected chi connectivity index (χ3v) is 3.41. The van der Waals surface area contributed by atoms with Crippen molar-refractivity contribution < 1.29 is 14.6 Å². The Morgan fingerprint density at radius 2 is 2.00 bits per heavy atom. The molecule has 0 radical (unpaired) electrons. The number of methoxy groups -OCH3 is 1. The number of carboxylic acids is 1. The Hall–Kier alpha value is -1.55. The van der Waals surface area contributed by atoms with Crippen molar-refractivity contribution >= 4 is 5.97 Å². The maximum atomic E-state index is 11.0. The molecule has 0 aliphatic rings. The first-order valence-electron chi connectivity index (χ1n) is 5.97. The molecule has 0 spiro atoms. The van der Waals surface area contributed by atoms with Crippen molar-refractivity contribution in [2.45, 2.75) is 32.9 Å². The van der Waals surface area contributed by atoms with Crippen LogP contribution in [0.3, 0.4) is 0 Å². The van der Waals surface area contributed by atoms with E-state index in [0.29, 0.717) is 0 Å². The number of carboxylic acid groups (broad SMARTS) is 1. The van der Waals surface area contributed by atoms with Crippen LogP contribution in [0.15, 0.2) is 18.2 Å². The normalized spacial score (nSPS) is 14.3. The zero-order valence-corrected chi connectivity index (χ0v) is 11.6. The van der Waals surface area contributed by atoms with E-state index in [0.717, 1.165) is 16.9 Å². The predicted octanol–water partition coefficient (Wildman–Crippen LogP) is 2.47. The number of ether oxygens (including phenoxy) is 1. The number of hydrogen-bond acceptors (Lipinski definition) is 3. The Labute approximate surface area is 108 Å². The quantitative estimate of drug-likeness (QED) is 0.873. The summed E-state index contributed by atoms with van der Waals surface area (Å²) in [5, 5.41) is 9.06. The van der Waals surface area contributed by atoms with Gasteiger partial charge in [-0.3, -0.25) is 9.69 Å². The van der Waals surface area contributed by atoms with Gasteiger partial charge in [-0.15, -0.1) is 0 Å². The fraction of sp³-hybridized carbons (Fsp3) is 0.500. The average Bonchev–Trinajstić information content (AvgIpc) is 2.35. The molecule has 4 heteroatoms. The van der Waals surface area contributed by atoms with Gasteiger partial charge in [-0.25, -0.2) is 0 Å². The topological polar surface area (TPSA) is 49.8 Å². The van der Waals surface area contributed by atoms with E-state index >= 15 is 0 Å². The van der Waals surface area contributed by atoms with Gasteiger partial charge in [-0.2, -0.15) is 0 Å². The van der Waals surface area contributed by atoms with Crippen LogP contribution in [-0.2, 0) is 4.79 Å². The van der Waals surface area contributed by atoms with Gasteiger partial charge in [0.1, 0.15) is 11.8 Å². The number of rotatable bonds is 5. The zero-order valence-electron chi connectivity index (χ0n) is 11.6. The van der Waals surface area contributed by atoms with Crippen molar-refractivity contribution in [3.8, 4) is 5.75 Å². The van der Waals surface area contributed by atoms with E-state index in [4.69, 9.17) is 9.84 Å². The molecule has 0 aliphatic carbocycles. The highest BCUT2D eigenvalue weighted by Gasteiger charge is 2.24. The summed E-state index contributed by atoms with van der Waals surface area (Å²) in [6, 6.07) is 5.38. The summed E-state index contributed by atoms with van der Waals surface area (Å²) >= 11 is 0. The van der Waals surface area contributed by atoms with Crippen LogP contribution in [0.4, 0.5) is 0 Å². The lowest BCUT2D eigenvalue weighted by Crippen LogP contribution is -2.37. The summed E-state index contributed by atoms with van der Waals surface area (Å²) in [6.07, 6.45) is 0. The second-order valence-corrected chi connectivity index (χ2v) is 4.60. The van der Waals surface area contributed by atoms with Gasteiger partial charge in [0.05, 0.1) is 7.11 Å². The fourth-order valence-corrected chi connectivity index (χ4v) is 1.91. The summed E-state index contributed by atoms with van der Waals surface area (Å²) in [7, 11) is 3.44. The Kier molecular flexibility index (Phi) is 4.73. The maximum absolute atomic E-state index is 11.0. The summed E-state index contributed by atoms with van der Waals surface area (Å²) in [6.45, 7) is 5.67. The average molecular weight is 251 g/mol. The Morgan fingerprint density at radius 1 is 1.39 bits per heavy atom. The van der Waals surface area contributed by atoms with Crippen molar-refractivity contribution in [3.63, 3.8) is 0 Å². The molecule has 1 rings (SSSR count). The van der Waals surface area contributed by atoms with Crippen molar-refractivity contribution in [2.75, 3.05) is 14.2 Å². The molecule has 2 atom stereocenters. The van der Waals surface area contributed by atoms with Gasteiger partial charge in [0, 0.05) is 11.6 Å². The third-order valence-electron chi connectivity index (χ3n) is 3.41. The highest BCUT2D eigenvalue weighted by Crippen LogP contribution is 2.30. The first-order chi connectivity index (χ1) is 8.38. The molecule has 0 aliphatic heterocycles. The van der Waals surface area contributed by atoms with Crippen LogP contribution in [-0.4, -0.2) is 36.2 Å². The number of hydrogen-bond donors (Lipinski definition) is 1. The molecular weight excluding hydrogens is 230 g/mol. The fourth-order valence-electron chi connectivity index (χ4n) is 1.91. The van der Waals surface area contributed by atoms with E-state index in [-0.39, 0.29) is 6.04 Å². The first-order valence-corrected chi connectivity index (χ1v) is 5.97. The molecule has 0 bridgehead atoms. The molecule has 1 N–H and O–H groups in total. The number of carbonyl (C=O) groups is 1. The largest absolute Gasteiger partial charge is 0.496 e. The standard InChI is InChI=1S/C14H21NO3/c1-9-6-7-13(18-5)12(8-9)10(2)15(4)11(3)14(16)17/h6-8,10-11H,1-5H3,(H,16,17). The number of nitrogens with zero attached hydrogens (tertiary/aromatic N) is 1. The van der Waals surface area contributed by atoms with Gasteiger partial charge in [-0.05, 0) is 33.9 Å². The van der Waals surface area contributed by atoms with Crippen LogP contribution in [0.2, 0.25) is 0 Å². The molecule has 100 valence electrons. The van der Waals surface area contributed by atoms with Crippen molar-refractivity contribution in [2.24, 2.45) is 0 Å². The molecule has 4 nitrogen and oxygen atoms in total. The van der Waals surface area contributed by atoms with Crippen LogP contribution >= 0.6 is 0 Å². The minimum atomic E-state index is -0.823. The number of benzene rings is 1. The van der Waals surface area contributed by atoms with Crippen molar-refractivity contribution in [3.05, 3.63) is 29.3 Å². The second-order valence-electron chi connectivity index (χ2n) is 4.60. The SMILES string of the molecule is COc1ccc(C)cc1C(C)N(C)C(C)C(=O)O. The molecule has 0 heterocycles. The Morgan fingerprint density at radius 3 is 2.50 bits per heavy atom. The van der Waals surface area contributed by atoms with E-state index in [9.17, 15) is 4.79 Å².